The van der Waals surface area contributed by atoms with E-state index in [0.717, 1.165) is 22.3 Å². The Morgan fingerprint density at radius 1 is 1.22 bits per heavy atom. The quantitative estimate of drug-likeness (QED) is 0.923. The maximum Gasteiger partial charge on any atom is 0.202 e. The summed E-state index contributed by atoms with van der Waals surface area (Å²) >= 11 is 1.40. The van der Waals surface area contributed by atoms with Gasteiger partial charge in [0.25, 0.3) is 0 Å². The lowest BCUT2D eigenvalue weighted by atomic mass is 9.96. The third-order valence-corrected chi connectivity index (χ3v) is 3.14. The molecule has 2 heterocycles. The Bertz CT molecular complexity index is 528. The van der Waals surface area contributed by atoms with Crippen molar-refractivity contribution in [2.24, 2.45) is 0 Å². The van der Waals surface area contributed by atoms with Crippen LogP contribution >= 0.6 is 11.5 Å². The second-order valence-electron chi connectivity index (χ2n) is 5.30. The van der Waals surface area contributed by atoms with E-state index >= 15 is 0 Å². The minimum atomic E-state index is -0.00197. The molecule has 0 unspecified atom stereocenters. The fourth-order valence-electron chi connectivity index (χ4n) is 1.46. The van der Waals surface area contributed by atoms with Crippen molar-refractivity contribution in [3.8, 4) is 0 Å². The maximum absolute atomic E-state index is 4.49. The molecule has 0 aromatic carbocycles. The normalized spacial score (nSPS) is 11.6. The van der Waals surface area contributed by atoms with Gasteiger partial charge in [-0.3, -0.25) is 4.98 Å². The number of aromatic nitrogens is 3. The van der Waals surface area contributed by atoms with Crippen LogP contribution in [0.25, 0.3) is 0 Å². The van der Waals surface area contributed by atoms with Gasteiger partial charge < -0.3 is 5.32 Å². The Labute approximate surface area is 112 Å². The van der Waals surface area contributed by atoms with Crippen molar-refractivity contribution in [2.75, 3.05) is 5.32 Å². The van der Waals surface area contributed by atoms with Crippen molar-refractivity contribution >= 4 is 16.7 Å². The van der Waals surface area contributed by atoms with Crippen LogP contribution in [0.3, 0.4) is 0 Å². The zero-order valence-corrected chi connectivity index (χ0v) is 12.0. The van der Waals surface area contributed by atoms with Crippen LogP contribution in [0.5, 0.6) is 0 Å². The van der Waals surface area contributed by atoms with Gasteiger partial charge in [-0.2, -0.15) is 4.37 Å². The zero-order valence-electron chi connectivity index (χ0n) is 11.2. The SMILES string of the molecule is Cc1cccc(CNc2nc(C(C)(C)C)ns2)n1. The molecule has 2 rings (SSSR count). The van der Waals surface area contributed by atoms with Gasteiger partial charge in [-0.1, -0.05) is 26.8 Å². The Balaban J connectivity index is 2.01. The molecule has 0 spiro atoms. The molecule has 0 aliphatic heterocycles. The topological polar surface area (TPSA) is 50.7 Å². The first-order valence-corrected chi connectivity index (χ1v) is 6.73. The van der Waals surface area contributed by atoms with Gasteiger partial charge in [0, 0.05) is 22.6 Å². The molecule has 0 aliphatic rings. The number of hydrogen-bond donors (Lipinski definition) is 1. The van der Waals surface area contributed by atoms with Crippen molar-refractivity contribution in [1.29, 1.82) is 0 Å². The summed E-state index contributed by atoms with van der Waals surface area (Å²) in [7, 11) is 0. The minimum absolute atomic E-state index is 0.00197. The maximum atomic E-state index is 4.49. The summed E-state index contributed by atoms with van der Waals surface area (Å²) < 4.78 is 4.36. The highest BCUT2D eigenvalue weighted by molar-refractivity contribution is 7.09. The van der Waals surface area contributed by atoms with Crippen molar-refractivity contribution in [3.63, 3.8) is 0 Å². The number of nitrogens with one attached hydrogen (secondary N) is 1. The standard InChI is InChI=1S/C13H18N4S/c1-9-6-5-7-10(15-9)8-14-12-16-11(17-18-12)13(2,3)4/h5-7H,8H2,1-4H3,(H,14,16,17). The van der Waals surface area contributed by atoms with E-state index < -0.39 is 0 Å². The van der Waals surface area contributed by atoms with Gasteiger partial charge in [0.2, 0.25) is 5.13 Å². The first-order chi connectivity index (χ1) is 8.45. The van der Waals surface area contributed by atoms with Crippen LogP contribution in [0.4, 0.5) is 5.13 Å². The second-order valence-corrected chi connectivity index (χ2v) is 6.05. The van der Waals surface area contributed by atoms with Gasteiger partial charge in [0.15, 0.2) is 0 Å². The molecule has 2 aromatic heterocycles. The van der Waals surface area contributed by atoms with Crippen LogP contribution in [0.15, 0.2) is 18.2 Å². The van der Waals surface area contributed by atoms with E-state index in [-0.39, 0.29) is 5.41 Å². The number of hydrogen-bond acceptors (Lipinski definition) is 5. The van der Waals surface area contributed by atoms with Crippen LogP contribution in [0.2, 0.25) is 0 Å². The molecule has 0 atom stereocenters. The number of rotatable bonds is 3. The summed E-state index contributed by atoms with van der Waals surface area (Å²) in [6.07, 6.45) is 0. The zero-order chi connectivity index (χ0) is 13.2. The average molecular weight is 262 g/mol. The fraction of sp³-hybridized carbons (Fsp3) is 0.462. The number of nitrogens with zero attached hydrogens (tertiary/aromatic N) is 3. The molecular weight excluding hydrogens is 244 g/mol. The summed E-state index contributed by atoms with van der Waals surface area (Å²) in [5, 5.41) is 4.11. The minimum Gasteiger partial charge on any atom is -0.355 e. The summed E-state index contributed by atoms with van der Waals surface area (Å²) in [5.74, 6) is 0.882. The average Bonchev–Trinajstić information content (AvgIpc) is 2.74. The third-order valence-electron chi connectivity index (χ3n) is 2.46. The van der Waals surface area contributed by atoms with Gasteiger partial charge in [-0.05, 0) is 19.1 Å². The van der Waals surface area contributed by atoms with Gasteiger partial charge in [0.05, 0.1) is 12.2 Å². The molecule has 0 amide bonds. The highest BCUT2D eigenvalue weighted by atomic mass is 32.1. The molecule has 0 aliphatic carbocycles. The van der Waals surface area contributed by atoms with E-state index in [1.54, 1.807) is 0 Å². The highest BCUT2D eigenvalue weighted by Crippen LogP contribution is 2.23. The predicted molar refractivity (Wildman–Crippen MR) is 74.9 cm³/mol. The Kier molecular flexibility index (Phi) is 3.61. The number of pyridine rings is 1. The van der Waals surface area contributed by atoms with Crippen molar-refractivity contribution in [2.45, 2.75) is 39.7 Å². The molecule has 0 saturated carbocycles. The smallest absolute Gasteiger partial charge is 0.202 e. The summed E-state index contributed by atoms with van der Waals surface area (Å²) in [5.41, 5.74) is 2.04. The van der Waals surface area contributed by atoms with Gasteiger partial charge in [-0.15, -0.1) is 0 Å². The molecule has 0 bridgehead atoms. The molecule has 18 heavy (non-hydrogen) atoms. The largest absolute Gasteiger partial charge is 0.355 e. The molecule has 0 radical (unpaired) electrons. The second kappa shape index (κ2) is 5.02. The molecule has 1 N–H and O–H groups in total. The summed E-state index contributed by atoms with van der Waals surface area (Å²) in [4.78, 5) is 8.93. The number of aryl methyl sites for hydroxylation is 1. The van der Waals surface area contributed by atoms with E-state index in [0.29, 0.717) is 6.54 Å². The van der Waals surface area contributed by atoms with Crippen molar-refractivity contribution in [3.05, 3.63) is 35.4 Å². The van der Waals surface area contributed by atoms with Crippen LogP contribution in [-0.4, -0.2) is 14.3 Å². The fourth-order valence-corrected chi connectivity index (χ4v) is 2.22. The van der Waals surface area contributed by atoms with Crippen molar-refractivity contribution in [1.82, 2.24) is 14.3 Å². The first-order valence-electron chi connectivity index (χ1n) is 5.96. The lowest BCUT2D eigenvalue weighted by Gasteiger charge is -2.12. The molecule has 96 valence electrons. The van der Waals surface area contributed by atoms with Crippen LogP contribution in [-0.2, 0) is 12.0 Å². The third kappa shape index (κ3) is 3.26. The van der Waals surface area contributed by atoms with Crippen LogP contribution in [0.1, 0.15) is 38.0 Å². The molecule has 2 aromatic rings. The van der Waals surface area contributed by atoms with Gasteiger partial charge >= 0.3 is 0 Å². The Hall–Kier alpha value is -1.49. The Morgan fingerprint density at radius 3 is 2.61 bits per heavy atom. The van der Waals surface area contributed by atoms with E-state index in [1.165, 1.54) is 11.5 Å². The molecule has 4 nitrogen and oxygen atoms in total. The molecular formula is C13H18N4S. The van der Waals surface area contributed by atoms with E-state index in [1.807, 2.05) is 25.1 Å². The van der Waals surface area contributed by atoms with Crippen LogP contribution < -0.4 is 5.32 Å². The monoisotopic (exact) mass is 262 g/mol. The first kappa shape index (κ1) is 13.0. The van der Waals surface area contributed by atoms with Gasteiger partial charge in [0.1, 0.15) is 5.82 Å². The lowest BCUT2D eigenvalue weighted by Crippen LogP contribution is -2.13. The molecule has 0 saturated heterocycles. The number of anilines is 1. The summed E-state index contributed by atoms with van der Waals surface area (Å²) in [6.45, 7) is 9.01. The predicted octanol–water partition coefficient (Wildman–Crippen LogP) is 3.15. The van der Waals surface area contributed by atoms with Gasteiger partial charge in [-0.25, -0.2) is 4.98 Å². The Morgan fingerprint density at radius 2 is 2.00 bits per heavy atom. The summed E-state index contributed by atoms with van der Waals surface area (Å²) in [6, 6.07) is 6.01. The van der Waals surface area contributed by atoms with Crippen LogP contribution in [0, 0.1) is 6.92 Å². The van der Waals surface area contributed by atoms with E-state index in [2.05, 4.69) is 40.4 Å². The van der Waals surface area contributed by atoms with E-state index in [9.17, 15) is 0 Å². The molecule has 0 fully saturated rings. The lowest BCUT2D eigenvalue weighted by molar-refractivity contribution is 0.555. The molecule has 5 heteroatoms. The van der Waals surface area contributed by atoms with E-state index in [4.69, 9.17) is 0 Å². The van der Waals surface area contributed by atoms with Crippen molar-refractivity contribution < 1.29 is 0 Å². The highest BCUT2D eigenvalue weighted by Gasteiger charge is 2.19.